The summed E-state index contributed by atoms with van der Waals surface area (Å²) in [6.07, 6.45) is 1.03. The molecule has 1 aromatic rings. The summed E-state index contributed by atoms with van der Waals surface area (Å²) in [4.78, 5) is 24.8. The van der Waals surface area contributed by atoms with Crippen molar-refractivity contribution < 1.29 is 19.8 Å². The van der Waals surface area contributed by atoms with Gasteiger partial charge in [0.15, 0.2) is 0 Å². The molecule has 0 aliphatic rings. The standard InChI is InChI=1S/C15H22N2O4/c1-4-6-12(14(19)20)16-15(21)17(5-2)13-9-11(18)8-7-10(13)3/h7-9,12,18H,4-6H2,1-3H3,(H,16,21)(H,19,20)/t12-/m0/s1. The number of rotatable bonds is 6. The molecule has 1 rings (SSSR count). The van der Waals surface area contributed by atoms with E-state index in [-0.39, 0.29) is 5.75 Å². The first-order valence-corrected chi connectivity index (χ1v) is 7.01. The number of amides is 2. The summed E-state index contributed by atoms with van der Waals surface area (Å²) < 4.78 is 0. The molecule has 0 spiro atoms. The number of nitrogens with one attached hydrogen (secondary N) is 1. The van der Waals surface area contributed by atoms with E-state index >= 15 is 0 Å². The van der Waals surface area contributed by atoms with Gasteiger partial charge in [-0.05, 0) is 31.9 Å². The second-order valence-corrected chi connectivity index (χ2v) is 4.84. The Morgan fingerprint density at radius 1 is 1.33 bits per heavy atom. The van der Waals surface area contributed by atoms with Crippen molar-refractivity contribution in [3.8, 4) is 5.75 Å². The van der Waals surface area contributed by atoms with Gasteiger partial charge in [0.2, 0.25) is 0 Å². The van der Waals surface area contributed by atoms with Crippen molar-refractivity contribution in [2.75, 3.05) is 11.4 Å². The third-order valence-electron chi connectivity index (χ3n) is 3.22. The van der Waals surface area contributed by atoms with Gasteiger partial charge in [0.05, 0.1) is 5.69 Å². The minimum Gasteiger partial charge on any atom is -0.508 e. The molecule has 1 atom stereocenters. The molecule has 0 aromatic heterocycles. The zero-order valence-electron chi connectivity index (χ0n) is 12.6. The fraction of sp³-hybridized carbons (Fsp3) is 0.467. The zero-order chi connectivity index (χ0) is 16.0. The molecule has 6 nitrogen and oxygen atoms in total. The average Bonchev–Trinajstić information content (AvgIpc) is 2.42. The highest BCUT2D eigenvalue weighted by Crippen LogP contribution is 2.25. The second kappa shape index (κ2) is 7.52. The summed E-state index contributed by atoms with van der Waals surface area (Å²) in [5, 5.41) is 21.2. The van der Waals surface area contributed by atoms with Crippen LogP contribution in [0, 0.1) is 6.92 Å². The van der Waals surface area contributed by atoms with Crippen LogP contribution < -0.4 is 10.2 Å². The van der Waals surface area contributed by atoms with E-state index in [1.807, 2.05) is 13.8 Å². The van der Waals surface area contributed by atoms with Crippen molar-refractivity contribution in [1.29, 1.82) is 0 Å². The van der Waals surface area contributed by atoms with E-state index in [1.165, 1.54) is 11.0 Å². The van der Waals surface area contributed by atoms with E-state index in [9.17, 15) is 14.7 Å². The van der Waals surface area contributed by atoms with E-state index in [2.05, 4.69) is 5.32 Å². The van der Waals surface area contributed by atoms with Gasteiger partial charge in [0.25, 0.3) is 0 Å². The van der Waals surface area contributed by atoms with Crippen LogP contribution in [0.3, 0.4) is 0 Å². The van der Waals surface area contributed by atoms with Crippen LogP contribution in [0.2, 0.25) is 0 Å². The summed E-state index contributed by atoms with van der Waals surface area (Å²) in [6, 6.07) is 3.36. The monoisotopic (exact) mass is 294 g/mol. The summed E-state index contributed by atoms with van der Waals surface area (Å²) >= 11 is 0. The number of carbonyl (C=O) groups excluding carboxylic acids is 1. The second-order valence-electron chi connectivity index (χ2n) is 4.84. The van der Waals surface area contributed by atoms with Gasteiger partial charge in [-0.3, -0.25) is 4.90 Å². The number of hydrogen-bond donors (Lipinski definition) is 3. The van der Waals surface area contributed by atoms with Crippen molar-refractivity contribution in [1.82, 2.24) is 5.32 Å². The number of carbonyl (C=O) groups is 2. The molecule has 0 saturated heterocycles. The fourth-order valence-corrected chi connectivity index (χ4v) is 2.08. The minimum atomic E-state index is -1.05. The molecular weight excluding hydrogens is 272 g/mol. The van der Waals surface area contributed by atoms with Crippen molar-refractivity contribution in [3.05, 3.63) is 23.8 Å². The largest absolute Gasteiger partial charge is 0.508 e. The third kappa shape index (κ3) is 4.37. The topological polar surface area (TPSA) is 89.9 Å². The van der Waals surface area contributed by atoms with Crippen LogP contribution in [0.5, 0.6) is 5.75 Å². The van der Waals surface area contributed by atoms with E-state index in [4.69, 9.17) is 5.11 Å². The predicted molar refractivity (Wildman–Crippen MR) is 80.7 cm³/mol. The molecular formula is C15H22N2O4. The Kier molecular flexibility index (Phi) is 6.02. The molecule has 0 radical (unpaired) electrons. The fourth-order valence-electron chi connectivity index (χ4n) is 2.08. The number of anilines is 1. The number of urea groups is 1. The van der Waals surface area contributed by atoms with Crippen molar-refractivity contribution in [2.24, 2.45) is 0 Å². The van der Waals surface area contributed by atoms with Crippen molar-refractivity contribution in [2.45, 2.75) is 39.7 Å². The number of aryl methyl sites for hydroxylation is 1. The molecule has 21 heavy (non-hydrogen) atoms. The van der Waals surface area contributed by atoms with Crippen LogP contribution in [-0.4, -0.2) is 34.8 Å². The highest BCUT2D eigenvalue weighted by atomic mass is 16.4. The molecule has 0 aliphatic heterocycles. The molecule has 3 N–H and O–H groups in total. The van der Waals surface area contributed by atoms with Crippen LogP contribution in [0.15, 0.2) is 18.2 Å². The Morgan fingerprint density at radius 2 is 2.00 bits per heavy atom. The molecule has 0 unspecified atom stereocenters. The first kappa shape index (κ1) is 16.8. The maximum absolute atomic E-state index is 12.3. The maximum Gasteiger partial charge on any atom is 0.326 e. The van der Waals surface area contributed by atoms with E-state index in [1.54, 1.807) is 19.1 Å². The Bertz CT molecular complexity index is 516. The molecule has 0 saturated carbocycles. The Hall–Kier alpha value is -2.24. The SMILES string of the molecule is CCC[C@H](NC(=O)N(CC)c1cc(O)ccc1C)C(=O)O. The number of carboxylic acids is 1. The van der Waals surface area contributed by atoms with Gasteiger partial charge < -0.3 is 15.5 Å². The molecule has 0 aliphatic carbocycles. The number of aliphatic carboxylic acids is 1. The van der Waals surface area contributed by atoms with Crippen LogP contribution in [0.4, 0.5) is 10.5 Å². The summed E-state index contributed by atoms with van der Waals surface area (Å²) in [5.74, 6) is -0.987. The number of phenolic OH excluding ortho intramolecular Hbond substituents is 1. The van der Waals surface area contributed by atoms with E-state index in [0.29, 0.717) is 25.1 Å². The summed E-state index contributed by atoms with van der Waals surface area (Å²) in [5.41, 5.74) is 1.39. The van der Waals surface area contributed by atoms with Crippen LogP contribution in [-0.2, 0) is 4.79 Å². The quantitative estimate of drug-likeness (QED) is 0.752. The van der Waals surface area contributed by atoms with Crippen molar-refractivity contribution in [3.63, 3.8) is 0 Å². The third-order valence-corrected chi connectivity index (χ3v) is 3.22. The van der Waals surface area contributed by atoms with Gasteiger partial charge in [0.1, 0.15) is 11.8 Å². The number of aromatic hydroxyl groups is 1. The first-order valence-electron chi connectivity index (χ1n) is 7.01. The van der Waals surface area contributed by atoms with Crippen molar-refractivity contribution >= 4 is 17.7 Å². The lowest BCUT2D eigenvalue weighted by Crippen LogP contribution is -2.48. The van der Waals surface area contributed by atoms with E-state index < -0.39 is 18.0 Å². The summed E-state index contributed by atoms with van der Waals surface area (Å²) in [7, 11) is 0. The first-order chi connectivity index (χ1) is 9.90. The summed E-state index contributed by atoms with van der Waals surface area (Å²) in [6.45, 7) is 5.84. The normalized spacial score (nSPS) is 11.8. The molecule has 1 aromatic carbocycles. The zero-order valence-corrected chi connectivity index (χ0v) is 12.6. The maximum atomic E-state index is 12.3. The highest BCUT2D eigenvalue weighted by molar-refractivity contribution is 5.95. The predicted octanol–water partition coefficient (Wildman–Crippen LogP) is 2.49. The lowest BCUT2D eigenvalue weighted by Gasteiger charge is -2.25. The number of phenols is 1. The lowest BCUT2D eigenvalue weighted by atomic mass is 10.1. The van der Waals surface area contributed by atoms with Gasteiger partial charge in [-0.25, -0.2) is 9.59 Å². The number of hydrogen-bond acceptors (Lipinski definition) is 3. The molecule has 0 heterocycles. The molecule has 0 fully saturated rings. The number of nitrogens with zero attached hydrogens (tertiary/aromatic N) is 1. The lowest BCUT2D eigenvalue weighted by molar-refractivity contribution is -0.139. The Labute approximate surface area is 124 Å². The van der Waals surface area contributed by atoms with E-state index in [0.717, 1.165) is 5.56 Å². The number of carboxylic acid groups (broad SMARTS) is 1. The Balaban J connectivity index is 2.96. The van der Waals surface area contributed by atoms with Crippen LogP contribution in [0.1, 0.15) is 32.3 Å². The Morgan fingerprint density at radius 3 is 2.52 bits per heavy atom. The van der Waals surface area contributed by atoms with Gasteiger partial charge in [0, 0.05) is 12.6 Å². The number of benzene rings is 1. The van der Waals surface area contributed by atoms with Gasteiger partial charge >= 0.3 is 12.0 Å². The van der Waals surface area contributed by atoms with Gasteiger partial charge in [-0.15, -0.1) is 0 Å². The van der Waals surface area contributed by atoms with Crippen LogP contribution in [0.25, 0.3) is 0 Å². The minimum absolute atomic E-state index is 0.0604. The molecule has 0 bridgehead atoms. The highest BCUT2D eigenvalue weighted by Gasteiger charge is 2.23. The average molecular weight is 294 g/mol. The van der Waals surface area contributed by atoms with Crippen LogP contribution >= 0.6 is 0 Å². The molecule has 2 amide bonds. The smallest absolute Gasteiger partial charge is 0.326 e. The molecule has 6 heteroatoms. The van der Waals surface area contributed by atoms with Gasteiger partial charge in [-0.1, -0.05) is 19.4 Å². The van der Waals surface area contributed by atoms with Gasteiger partial charge in [-0.2, -0.15) is 0 Å². The molecule has 116 valence electrons.